The van der Waals surface area contributed by atoms with Crippen molar-refractivity contribution >= 4 is 23.3 Å². The molecule has 0 aliphatic carbocycles. The lowest BCUT2D eigenvalue weighted by Gasteiger charge is -2.30. The average Bonchev–Trinajstić information content (AvgIpc) is 2.59. The number of nitrogens with zero attached hydrogens (tertiary/aromatic N) is 2. The fourth-order valence-electron chi connectivity index (χ4n) is 2.73. The number of aliphatic hydroxyl groups excluding tert-OH is 1. The maximum atomic E-state index is 12.9. The molecule has 1 atom stereocenters. The summed E-state index contributed by atoms with van der Waals surface area (Å²) in [6, 6.07) is 8.73. The van der Waals surface area contributed by atoms with Gasteiger partial charge < -0.3 is 15.3 Å². The molecule has 2 rings (SSSR count). The van der Waals surface area contributed by atoms with Gasteiger partial charge in [-0.25, -0.2) is 4.79 Å². The van der Waals surface area contributed by atoms with Gasteiger partial charge in [0, 0.05) is 6.20 Å². The zero-order valence-electron chi connectivity index (χ0n) is 14.8. The van der Waals surface area contributed by atoms with Crippen LogP contribution in [0.2, 0.25) is 5.02 Å². The Morgan fingerprint density at radius 2 is 2.12 bits per heavy atom. The van der Waals surface area contributed by atoms with Crippen molar-refractivity contribution in [2.45, 2.75) is 39.8 Å². The third-order valence-electron chi connectivity index (χ3n) is 4.11. The zero-order chi connectivity index (χ0) is 18.4. The second-order valence-electron chi connectivity index (χ2n) is 6.06. The van der Waals surface area contributed by atoms with Crippen LogP contribution in [0.15, 0.2) is 36.5 Å². The van der Waals surface area contributed by atoms with Crippen LogP contribution in [-0.4, -0.2) is 33.7 Å². The van der Waals surface area contributed by atoms with Gasteiger partial charge in [-0.1, -0.05) is 30.7 Å². The molecule has 1 aromatic carbocycles. The average molecular weight is 362 g/mol. The van der Waals surface area contributed by atoms with Crippen LogP contribution in [0.3, 0.4) is 0 Å². The molecule has 0 saturated carbocycles. The number of halogens is 1. The van der Waals surface area contributed by atoms with Crippen LogP contribution in [0.1, 0.15) is 30.2 Å². The number of carbonyl (C=O) groups is 1. The van der Waals surface area contributed by atoms with Crippen molar-refractivity contribution in [1.82, 2.24) is 9.88 Å². The summed E-state index contributed by atoms with van der Waals surface area (Å²) in [4.78, 5) is 18.8. The number of amides is 2. The minimum atomic E-state index is -0.305. The van der Waals surface area contributed by atoms with Crippen LogP contribution in [-0.2, 0) is 6.54 Å². The molecule has 0 spiro atoms. The quantitative estimate of drug-likeness (QED) is 0.812. The van der Waals surface area contributed by atoms with E-state index in [1.165, 1.54) is 0 Å². The van der Waals surface area contributed by atoms with Crippen molar-refractivity contribution in [1.29, 1.82) is 0 Å². The zero-order valence-corrected chi connectivity index (χ0v) is 15.5. The Morgan fingerprint density at radius 3 is 2.68 bits per heavy atom. The normalized spacial score (nSPS) is 11.9. The van der Waals surface area contributed by atoms with Crippen LogP contribution >= 0.6 is 11.6 Å². The highest BCUT2D eigenvalue weighted by molar-refractivity contribution is 6.34. The van der Waals surface area contributed by atoms with Crippen LogP contribution in [0, 0.1) is 13.8 Å². The molecule has 0 aliphatic rings. The van der Waals surface area contributed by atoms with Gasteiger partial charge >= 0.3 is 6.03 Å². The first kappa shape index (κ1) is 19.2. The summed E-state index contributed by atoms with van der Waals surface area (Å²) in [6.45, 7) is 5.99. The van der Waals surface area contributed by atoms with Crippen molar-refractivity contribution in [3.63, 3.8) is 0 Å². The lowest BCUT2D eigenvalue weighted by Crippen LogP contribution is -2.44. The Balaban J connectivity index is 2.26. The second kappa shape index (κ2) is 8.83. The van der Waals surface area contributed by atoms with Gasteiger partial charge in [0.15, 0.2) is 0 Å². The molecule has 1 aromatic heterocycles. The highest BCUT2D eigenvalue weighted by Crippen LogP contribution is 2.28. The first-order chi connectivity index (χ1) is 12.0. The fourth-order valence-corrected chi connectivity index (χ4v) is 3.10. The number of urea groups is 1. The van der Waals surface area contributed by atoms with E-state index >= 15 is 0 Å². The van der Waals surface area contributed by atoms with Gasteiger partial charge in [-0.05, 0) is 49.6 Å². The van der Waals surface area contributed by atoms with Gasteiger partial charge in [0.2, 0.25) is 0 Å². The van der Waals surface area contributed by atoms with Crippen molar-refractivity contribution in [3.8, 4) is 0 Å². The number of hydrogen-bond donors (Lipinski definition) is 2. The third kappa shape index (κ3) is 4.94. The summed E-state index contributed by atoms with van der Waals surface area (Å²) in [7, 11) is 0. The molecule has 0 saturated heterocycles. The topological polar surface area (TPSA) is 65.5 Å². The van der Waals surface area contributed by atoms with E-state index in [9.17, 15) is 9.90 Å². The lowest BCUT2D eigenvalue weighted by molar-refractivity contribution is 0.133. The van der Waals surface area contributed by atoms with Crippen LogP contribution in [0.5, 0.6) is 0 Å². The van der Waals surface area contributed by atoms with E-state index in [1.54, 1.807) is 11.1 Å². The molecule has 0 fully saturated rings. The van der Waals surface area contributed by atoms with Gasteiger partial charge in [-0.2, -0.15) is 0 Å². The molecule has 6 heteroatoms. The number of carbonyl (C=O) groups excluding carboxylic acids is 1. The standard InChI is InChI=1S/C19H24ClN3O2/c1-4-16(12-24)23(11-15-7-5-6-8-21-15)19(25)22-18-14(3)9-13(2)10-17(18)20/h5-10,16,24H,4,11-12H2,1-3H3,(H,22,25). The fraction of sp³-hybridized carbons (Fsp3) is 0.368. The molecule has 0 bridgehead atoms. The van der Waals surface area contributed by atoms with Gasteiger partial charge in [0.05, 0.1) is 35.6 Å². The molecular formula is C19H24ClN3O2. The van der Waals surface area contributed by atoms with Gasteiger partial charge in [0.1, 0.15) is 0 Å². The number of hydrogen-bond acceptors (Lipinski definition) is 3. The molecule has 134 valence electrons. The molecule has 5 nitrogen and oxygen atoms in total. The predicted octanol–water partition coefficient (Wildman–Crippen LogP) is 4.16. The number of pyridine rings is 1. The van der Waals surface area contributed by atoms with Gasteiger partial charge in [-0.3, -0.25) is 4.98 Å². The van der Waals surface area contributed by atoms with E-state index in [1.807, 2.05) is 51.1 Å². The van der Waals surface area contributed by atoms with Crippen molar-refractivity contribution in [2.75, 3.05) is 11.9 Å². The van der Waals surface area contributed by atoms with Crippen molar-refractivity contribution < 1.29 is 9.90 Å². The minimum Gasteiger partial charge on any atom is -0.394 e. The van der Waals surface area contributed by atoms with E-state index in [2.05, 4.69) is 10.3 Å². The van der Waals surface area contributed by atoms with E-state index in [0.717, 1.165) is 16.8 Å². The maximum Gasteiger partial charge on any atom is 0.322 e. The Bertz CT molecular complexity index is 695. The maximum absolute atomic E-state index is 12.9. The van der Waals surface area contributed by atoms with E-state index in [0.29, 0.717) is 23.7 Å². The molecule has 0 radical (unpaired) electrons. The van der Waals surface area contributed by atoms with E-state index < -0.39 is 0 Å². The second-order valence-corrected chi connectivity index (χ2v) is 6.47. The van der Waals surface area contributed by atoms with Crippen molar-refractivity contribution in [2.24, 2.45) is 0 Å². The number of aryl methyl sites for hydroxylation is 2. The summed E-state index contributed by atoms with van der Waals surface area (Å²) in [5.41, 5.74) is 3.29. The summed E-state index contributed by atoms with van der Waals surface area (Å²) in [5.74, 6) is 0. The highest BCUT2D eigenvalue weighted by atomic mass is 35.5. The van der Waals surface area contributed by atoms with Crippen molar-refractivity contribution in [3.05, 3.63) is 58.4 Å². The number of nitrogens with one attached hydrogen (secondary N) is 1. The Kier molecular flexibility index (Phi) is 6.79. The first-order valence-corrected chi connectivity index (χ1v) is 8.69. The Hall–Kier alpha value is -2.11. The molecule has 0 aliphatic heterocycles. The summed E-state index contributed by atoms with van der Waals surface area (Å²) < 4.78 is 0. The monoisotopic (exact) mass is 361 g/mol. The Morgan fingerprint density at radius 1 is 1.36 bits per heavy atom. The molecule has 2 N–H and O–H groups in total. The number of aliphatic hydroxyl groups is 1. The molecular weight excluding hydrogens is 338 g/mol. The summed E-state index contributed by atoms with van der Waals surface area (Å²) in [5, 5.41) is 13.1. The minimum absolute atomic E-state index is 0.114. The van der Waals surface area contributed by atoms with E-state index in [4.69, 9.17) is 11.6 Å². The smallest absolute Gasteiger partial charge is 0.322 e. The predicted molar refractivity (Wildman–Crippen MR) is 101 cm³/mol. The van der Waals surface area contributed by atoms with Gasteiger partial charge in [0.25, 0.3) is 0 Å². The van der Waals surface area contributed by atoms with E-state index in [-0.39, 0.29) is 18.7 Å². The van der Waals surface area contributed by atoms with Crippen LogP contribution < -0.4 is 5.32 Å². The van der Waals surface area contributed by atoms with Crippen LogP contribution in [0.25, 0.3) is 0 Å². The molecule has 2 aromatic rings. The summed E-state index contributed by atoms with van der Waals surface area (Å²) in [6.07, 6.45) is 2.32. The first-order valence-electron chi connectivity index (χ1n) is 8.31. The number of anilines is 1. The third-order valence-corrected chi connectivity index (χ3v) is 4.40. The molecule has 2 amide bonds. The van der Waals surface area contributed by atoms with Gasteiger partial charge in [-0.15, -0.1) is 0 Å². The SMILES string of the molecule is CCC(CO)N(Cc1ccccn1)C(=O)Nc1c(C)cc(C)cc1Cl. The number of aromatic nitrogens is 1. The summed E-state index contributed by atoms with van der Waals surface area (Å²) >= 11 is 6.30. The Labute approximate surface area is 153 Å². The molecule has 25 heavy (non-hydrogen) atoms. The number of rotatable bonds is 6. The molecule has 1 unspecified atom stereocenters. The highest BCUT2D eigenvalue weighted by Gasteiger charge is 2.23. The number of benzene rings is 1. The lowest BCUT2D eigenvalue weighted by atomic mass is 10.1. The molecule has 1 heterocycles. The van der Waals surface area contributed by atoms with Crippen LogP contribution in [0.4, 0.5) is 10.5 Å². The largest absolute Gasteiger partial charge is 0.394 e.